The summed E-state index contributed by atoms with van der Waals surface area (Å²) in [4.78, 5) is 29.7. The number of amides is 1. The second-order valence-electron chi connectivity index (χ2n) is 6.22. The molecule has 0 atom stereocenters. The summed E-state index contributed by atoms with van der Waals surface area (Å²) in [5, 5.41) is 2.77. The smallest absolute Gasteiger partial charge is 0.256 e. The largest absolute Gasteiger partial charge is 0.481 e. The van der Waals surface area contributed by atoms with Crippen LogP contribution < -0.4 is 10.1 Å². The molecule has 1 N–H and O–H groups in total. The average molecular weight is 360 g/mol. The molecule has 0 radical (unpaired) electrons. The van der Waals surface area contributed by atoms with Crippen LogP contribution in [-0.4, -0.2) is 23.8 Å². The third-order valence-corrected chi connectivity index (χ3v) is 4.39. The second-order valence-corrected chi connectivity index (χ2v) is 6.22. The molecule has 5 nitrogen and oxygen atoms in total. The molecule has 0 aliphatic heterocycles. The first kappa shape index (κ1) is 18.3. The third-order valence-electron chi connectivity index (χ3n) is 4.39. The lowest BCUT2D eigenvalue weighted by Crippen LogP contribution is -2.17. The highest BCUT2D eigenvalue weighted by molar-refractivity contribution is 6.17. The topological polar surface area (TPSA) is 68.3 Å². The number of pyridine rings is 1. The van der Waals surface area contributed by atoms with Crippen molar-refractivity contribution in [3.05, 3.63) is 88.6 Å². The van der Waals surface area contributed by atoms with E-state index in [0.29, 0.717) is 28.3 Å². The first-order chi connectivity index (χ1) is 13.0. The third kappa shape index (κ3) is 4.03. The Kier molecular flexibility index (Phi) is 5.31. The van der Waals surface area contributed by atoms with Crippen LogP contribution in [0.1, 0.15) is 37.4 Å². The lowest BCUT2D eigenvalue weighted by atomic mass is 9.95. The van der Waals surface area contributed by atoms with Crippen molar-refractivity contribution >= 4 is 17.4 Å². The maximum absolute atomic E-state index is 13.0. The van der Waals surface area contributed by atoms with Gasteiger partial charge in [0.15, 0.2) is 5.78 Å². The van der Waals surface area contributed by atoms with Crippen LogP contribution in [0, 0.1) is 13.8 Å². The minimum atomic E-state index is -0.366. The minimum absolute atomic E-state index is 0.184. The van der Waals surface area contributed by atoms with Crippen LogP contribution in [-0.2, 0) is 0 Å². The molecule has 0 saturated heterocycles. The Bertz CT molecular complexity index is 995. The van der Waals surface area contributed by atoms with Crippen LogP contribution in [0.3, 0.4) is 0 Å². The SMILES string of the molecule is COc1ccc(NC(=O)c2ccccc2C(=O)c2ccc(C)c(C)c2)cn1. The minimum Gasteiger partial charge on any atom is -0.481 e. The fourth-order valence-electron chi connectivity index (χ4n) is 2.69. The van der Waals surface area contributed by atoms with Gasteiger partial charge in [-0.2, -0.15) is 0 Å². The summed E-state index contributed by atoms with van der Waals surface area (Å²) in [5.74, 6) is -0.0928. The number of carbonyl (C=O) groups is 2. The molecule has 0 bridgehead atoms. The monoisotopic (exact) mass is 360 g/mol. The van der Waals surface area contributed by atoms with Gasteiger partial charge in [-0.15, -0.1) is 0 Å². The van der Waals surface area contributed by atoms with Gasteiger partial charge in [-0.05, 0) is 43.2 Å². The Morgan fingerprint density at radius 1 is 0.926 bits per heavy atom. The van der Waals surface area contributed by atoms with Gasteiger partial charge in [-0.3, -0.25) is 9.59 Å². The average Bonchev–Trinajstić information content (AvgIpc) is 2.70. The number of hydrogen-bond donors (Lipinski definition) is 1. The number of hydrogen-bond acceptors (Lipinski definition) is 4. The molecular weight excluding hydrogens is 340 g/mol. The van der Waals surface area contributed by atoms with Crippen molar-refractivity contribution < 1.29 is 14.3 Å². The van der Waals surface area contributed by atoms with E-state index in [2.05, 4.69) is 10.3 Å². The van der Waals surface area contributed by atoms with Crippen LogP contribution in [0.25, 0.3) is 0 Å². The van der Waals surface area contributed by atoms with E-state index in [1.54, 1.807) is 42.5 Å². The molecule has 0 fully saturated rings. The predicted molar refractivity (Wildman–Crippen MR) is 105 cm³/mol. The van der Waals surface area contributed by atoms with Crippen molar-refractivity contribution in [1.82, 2.24) is 4.98 Å². The van der Waals surface area contributed by atoms with Gasteiger partial charge in [-0.25, -0.2) is 4.98 Å². The standard InChI is InChI=1S/C22H20N2O3/c1-14-8-9-16(12-15(14)2)21(25)18-6-4-5-7-19(18)22(26)24-17-10-11-20(27-3)23-13-17/h4-13H,1-3H3,(H,24,26). The van der Waals surface area contributed by atoms with Gasteiger partial charge in [0.05, 0.1) is 24.6 Å². The maximum atomic E-state index is 13.0. The summed E-state index contributed by atoms with van der Waals surface area (Å²) >= 11 is 0. The first-order valence-corrected chi connectivity index (χ1v) is 8.52. The van der Waals surface area contributed by atoms with Crippen molar-refractivity contribution in [3.63, 3.8) is 0 Å². The summed E-state index contributed by atoms with van der Waals surface area (Å²) in [6, 6.07) is 15.7. The normalized spacial score (nSPS) is 10.3. The number of carbonyl (C=O) groups excluding carboxylic acids is 2. The highest BCUT2D eigenvalue weighted by Gasteiger charge is 2.18. The van der Waals surface area contributed by atoms with Crippen LogP contribution >= 0.6 is 0 Å². The number of ether oxygens (including phenoxy) is 1. The number of ketones is 1. The summed E-state index contributed by atoms with van der Waals surface area (Å²) in [7, 11) is 1.52. The fraction of sp³-hybridized carbons (Fsp3) is 0.136. The number of methoxy groups -OCH3 is 1. The molecule has 0 aliphatic carbocycles. The number of nitrogens with one attached hydrogen (secondary N) is 1. The molecule has 0 unspecified atom stereocenters. The Morgan fingerprint density at radius 3 is 2.30 bits per heavy atom. The Morgan fingerprint density at radius 2 is 1.67 bits per heavy atom. The van der Waals surface area contributed by atoms with Gasteiger partial charge >= 0.3 is 0 Å². The lowest BCUT2D eigenvalue weighted by Gasteiger charge is -2.11. The van der Waals surface area contributed by atoms with E-state index in [4.69, 9.17) is 4.74 Å². The molecule has 1 aromatic heterocycles. The van der Waals surface area contributed by atoms with Gasteiger partial charge in [-0.1, -0.05) is 30.3 Å². The second kappa shape index (κ2) is 7.83. The van der Waals surface area contributed by atoms with Crippen molar-refractivity contribution in [2.45, 2.75) is 13.8 Å². The molecule has 2 aromatic carbocycles. The van der Waals surface area contributed by atoms with E-state index in [-0.39, 0.29) is 11.7 Å². The van der Waals surface area contributed by atoms with E-state index in [9.17, 15) is 9.59 Å². The molecular formula is C22H20N2O3. The molecule has 0 aliphatic rings. The van der Waals surface area contributed by atoms with Crippen LogP contribution in [0.4, 0.5) is 5.69 Å². The predicted octanol–water partition coefficient (Wildman–Crippen LogP) is 4.19. The zero-order valence-electron chi connectivity index (χ0n) is 15.4. The molecule has 3 rings (SSSR count). The number of nitrogens with zero attached hydrogens (tertiary/aromatic N) is 1. The van der Waals surface area contributed by atoms with E-state index < -0.39 is 0 Å². The van der Waals surface area contributed by atoms with Crippen molar-refractivity contribution in [2.24, 2.45) is 0 Å². The Balaban J connectivity index is 1.89. The highest BCUT2D eigenvalue weighted by Crippen LogP contribution is 2.19. The van der Waals surface area contributed by atoms with Gasteiger partial charge in [0.25, 0.3) is 5.91 Å². The van der Waals surface area contributed by atoms with Crippen molar-refractivity contribution in [3.8, 4) is 5.88 Å². The molecule has 3 aromatic rings. The molecule has 136 valence electrons. The zero-order chi connectivity index (χ0) is 19.4. The van der Waals surface area contributed by atoms with Gasteiger partial charge in [0, 0.05) is 17.2 Å². The number of aryl methyl sites for hydroxylation is 2. The summed E-state index contributed by atoms with van der Waals surface area (Å²) in [6.07, 6.45) is 1.50. The van der Waals surface area contributed by atoms with Crippen molar-refractivity contribution in [2.75, 3.05) is 12.4 Å². The van der Waals surface area contributed by atoms with Crippen LogP contribution in [0.15, 0.2) is 60.8 Å². The van der Waals surface area contributed by atoms with Gasteiger partial charge in [0.1, 0.15) is 0 Å². The van der Waals surface area contributed by atoms with Gasteiger partial charge < -0.3 is 10.1 Å². The van der Waals surface area contributed by atoms with E-state index in [1.807, 2.05) is 26.0 Å². The molecule has 27 heavy (non-hydrogen) atoms. The van der Waals surface area contributed by atoms with E-state index >= 15 is 0 Å². The summed E-state index contributed by atoms with van der Waals surface area (Å²) < 4.78 is 5.01. The zero-order valence-corrected chi connectivity index (χ0v) is 15.4. The maximum Gasteiger partial charge on any atom is 0.256 e. The highest BCUT2D eigenvalue weighted by atomic mass is 16.5. The molecule has 0 saturated carbocycles. The van der Waals surface area contributed by atoms with Crippen molar-refractivity contribution in [1.29, 1.82) is 0 Å². The van der Waals surface area contributed by atoms with Crippen LogP contribution in [0.5, 0.6) is 5.88 Å². The lowest BCUT2D eigenvalue weighted by molar-refractivity contribution is 0.0996. The number of aromatic nitrogens is 1. The molecule has 1 heterocycles. The molecule has 1 amide bonds. The van der Waals surface area contributed by atoms with Gasteiger partial charge in [0.2, 0.25) is 5.88 Å². The number of benzene rings is 2. The summed E-state index contributed by atoms with van der Waals surface area (Å²) in [5.41, 5.74) is 3.91. The van der Waals surface area contributed by atoms with Crippen LogP contribution in [0.2, 0.25) is 0 Å². The van der Waals surface area contributed by atoms with E-state index in [0.717, 1.165) is 11.1 Å². The summed E-state index contributed by atoms with van der Waals surface area (Å²) in [6.45, 7) is 3.95. The Hall–Kier alpha value is -3.47. The first-order valence-electron chi connectivity index (χ1n) is 8.52. The fourth-order valence-corrected chi connectivity index (χ4v) is 2.69. The number of anilines is 1. The molecule has 0 spiro atoms. The quantitative estimate of drug-likeness (QED) is 0.693. The van der Waals surface area contributed by atoms with E-state index in [1.165, 1.54) is 13.3 Å². The molecule has 5 heteroatoms. The number of rotatable bonds is 5. The Labute approximate surface area is 158 Å².